The highest BCUT2D eigenvalue weighted by Gasteiger charge is 2.17. The molecule has 0 amide bonds. The average Bonchev–Trinajstić information content (AvgIpc) is 2.97. The Morgan fingerprint density at radius 3 is 3.04 bits per heavy atom. The Bertz CT molecular complexity index is 942. The van der Waals surface area contributed by atoms with E-state index in [0.29, 0.717) is 22.5 Å². The third-order valence-electron chi connectivity index (χ3n) is 3.06. The second-order valence-corrected chi connectivity index (χ2v) is 4.96. The molecule has 3 N–H and O–H groups in total. The topological polar surface area (TPSA) is 127 Å². The smallest absolute Gasteiger partial charge is 0.343 e. The summed E-state index contributed by atoms with van der Waals surface area (Å²) in [5, 5.41) is 8.91. The van der Waals surface area contributed by atoms with Crippen LogP contribution in [0.4, 0.5) is 0 Å². The number of ether oxygens (including phenoxy) is 2. The molecule has 0 aliphatic heterocycles. The molecule has 2 aromatic heterocycles. The Kier molecular flexibility index (Phi) is 4.09. The van der Waals surface area contributed by atoms with Crippen molar-refractivity contribution in [3.05, 3.63) is 47.8 Å². The van der Waals surface area contributed by atoms with Crippen molar-refractivity contribution in [1.82, 2.24) is 15.0 Å². The van der Waals surface area contributed by atoms with E-state index in [-0.39, 0.29) is 11.4 Å². The van der Waals surface area contributed by atoms with Crippen LogP contribution in [-0.4, -0.2) is 27.1 Å². The lowest BCUT2D eigenvalue weighted by atomic mass is 10.2. The molecule has 0 spiro atoms. The number of rotatable bonds is 4. The fourth-order valence-corrected chi connectivity index (χ4v) is 2.06. The highest BCUT2D eigenvalue weighted by molar-refractivity contribution is 6.01. The minimum absolute atomic E-state index is 0.187. The average molecular weight is 323 g/mol. The predicted octanol–water partition coefficient (Wildman–Crippen LogP) is 2.08. The Morgan fingerprint density at radius 1 is 1.46 bits per heavy atom. The van der Waals surface area contributed by atoms with Gasteiger partial charge in [-0.2, -0.15) is 5.26 Å². The van der Waals surface area contributed by atoms with Crippen molar-refractivity contribution in [3.63, 3.8) is 0 Å². The van der Waals surface area contributed by atoms with Gasteiger partial charge in [0.05, 0.1) is 17.8 Å². The third-order valence-corrected chi connectivity index (χ3v) is 3.06. The Balaban J connectivity index is 1.92. The fourth-order valence-electron chi connectivity index (χ4n) is 2.06. The molecule has 8 nitrogen and oxygen atoms in total. The standard InChI is InChI=1S/C16H13N5O3/c1-9(18)23-16(22)12-7-19-15-14(12)21-13(8-20-15)24-11-4-2-3-10(5-11)6-17/h2-5,7-9H,18H2,1H3,(H,19,20). The van der Waals surface area contributed by atoms with Gasteiger partial charge in [-0.15, -0.1) is 0 Å². The highest BCUT2D eigenvalue weighted by Crippen LogP contribution is 2.23. The normalized spacial score (nSPS) is 11.7. The number of hydrogen-bond donors (Lipinski definition) is 2. The van der Waals surface area contributed by atoms with Crippen molar-refractivity contribution >= 4 is 17.1 Å². The number of hydrogen-bond acceptors (Lipinski definition) is 7. The van der Waals surface area contributed by atoms with Gasteiger partial charge in [0, 0.05) is 6.20 Å². The van der Waals surface area contributed by atoms with Gasteiger partial charge in [0.25, 0.3) is 0 Å². The molecule has 0 saturated carbocycles. The van der Waals surface area contributed by atoms with Crippen LogP contribution in [0.5, 0.6) is 11.6 Å². The largest absolute Gasteiger partial charge is 0.443 e. The number of fused-ring (bicyclic) bond motifs is 1. The summed E-state index contributed by atoms with van der Waals surface area (Å²) >= 11 is 0. The molecule has 8 heteroatoms. The molecule has 3 aromatic rings. The quantitative estimate of drug-likeness (QED) is 0.556. The number of carbonyl (C=O) groups is 1. The van der Waals surface area contributed by atoms with Gasteiger partial charge in [0.2, 0.25) is 5.88 Å². The first-order chi connectivity index (χ1) is 11.6. The zero-order valence-electron chi connectivity index (χ0n) is 12.7. The van der Waals surface area contributed by atoms with Crippen LogP contribution in [0.25, 0.3) is 11.2 Å². The number of nitrogens with two attached hydrogens (primary N) is 1. The van der Waals surface area contributed by atoms with E-state index in [1.165, 1.54) is 12.4 Å². The summed E-state index contributed by atoms with van der Waals surface area (Å²) < 4.78 is 10.6. The molecule has 0 aliphatic rings. The van der Waals surface area contributed by atoms with Gasteiger partial charge in [-0.3, -0.25) is 5.73 Å². The molecular formula is C16H13N5O3. The summed E-state index contributed by atoms with van der Waals surface area (Å²) in [6.45, 7) is 1.55. The predicted molar refractivity (Wildman–Crippen MR) is 84.2 cm³/mol. The first kappa shape index (κ1) is 15.5. The maximum atomic E-state index is 12.0. The molecule has 0 radical (unpaired) electrons. The van der Waals surface area contributed by atoms with Crippen LogP contribution in [0.1, 0.15) is 22.8 Å². The molecule has 0 aliphatic carbocycles. The lowest BCUT2D eigenvalue weighted by Gasteiger charge is -2.07. The lowest BCUT2D eigenvalue weighted by Crippen LogP contribution is -2.23. The molecule has 2 heterocycles. The first-order valence-corrected chi connectivity index (χ1v) is 7.05. The Labute approximate surface area is 136 Å². The second kappa shape index (κ2) is 6.36. The highest BCUT2D eigenvalue weighted by atomic mass is 16.6. The third kappa shape index (κ3) is 3.16. The molecule has 0 bridgehead atoms. The van der Waals surface area contributed by atoms with Crippen LogP contribution in [0.15, 0.2) is 36.7 Å². The molecule has 120 valence electrons. The summed E-state index contributed by atoms with van der Waals surface area (Å²) in [7, 11) is 0. The monoisotopic (exact) mass is 323 g/mol. The zero-order valence-corrected chi connectivity index (χ0v) is 12.7. The van der Waals surface area contributed by atoms with Crippen molar-refractivity contribution < 1.29 is 14.3 Å². The van der Waals surface area contributed by atoms with Crippen LogP contribution < -0.4 is 10.5 Å². The molecule has 0 saturated heterocycles. The Hall–Kier alpha value is -3.44. The number of aromatic amines is 1. The number of aromatic nitrogens is 3. The second-order valence-electron chi connectivity index (χ2n) is 4.96. The maximum absolute atomic E-state index is 12.0. The van der Waals surface area contributed by atoms with Crippen molar-refractivity contribution in [2.45, 2.75) is 13.2 Å². The maximum Gasteiger partial charge on any atom is 0.343 e. The number of nitriles is 1. The van der Waals surface area contributed by atoms with Crippen molar-refractivity contribution in [1.29, 1.82) is 5.26 Å². The van der Waals surface area contributed by atoms with E-state index in [9.17, 15) is 4.79 Å². The summed E-state index contributed by atoms with van der Waals surface area (Å²) in [5.74, 6) is 0.0270. The van der Waals surface area contributed by atoms with Crippen molar-refractivity contribution in [2.24, 2.45) is 5.73 Å². The molecule has 0 fully saturated rings. The van der Waals surface area contributed by atoms with E-state index in [0.717, 1.165) is 0 Å². The molecule has 1 aromatic carbocycles. The van der Waals surface area contributed by atoms with Crippen molar-refractivity contribution in [3.8, 4) is 17.7 Å². The number of carbonyl (C=O) groups excluding carboxylic acids is 1. The van der Waals surface area contributed by atoms with Crippen molar-refractivity contribution in [2.75, 3.05) is 0 Å². The molecule has 1 unspecified atom stereocenters. The molecule has 1 atom stereocenters. The molecular weight excluding hydrogens is 310 g/mol. The number of nitrogens with zero attached hydrogens (tertiary/aromatic N) is 3. The number of esters is 1. The number of benzene rings is 1. The number of nitrogens with one attached hydrogen (secondary N) is 1. The van der Waals surface area contributed by atoms with E-state index < -0.39 is 12.2 Å². The molecule has 24 heavy (non-hydrogen) atoms. The van der Waals surface area contributed by atoms with Gasteiger partial charge in [0.15, 0.2) is 5.65 Å². The minimum atomic E-state index is -0.733. The summed E-state index contributed by atoms with van der Waals surface area (Å²) in [6.07, 6.45) is 2.14. The SMILES string of the molecule is CC(N)OC(=O)c1c[nH]c2ncc(Oc3cccc(C#N)c3)nc12. The fraction of sp³-hybridized carbons (Fsp3) is 0.125. The van der Waals surface area contributed by atoms with Gasteiger partial charge in [0.1, 0.15) is 23.1 Å². The van der Waals surface area contributed by atoms with Gasteiger partial charge < -0.3 is 14.5 Å². The summed E-state index contributed by atoms with van der Waals surface area (Å²) in [4.78, 5) is 23.3. The van der Waals surface area contributed by atoms with Crippen LogP contribution in [0.2, 0.25) is 0 Å². The van der Waals surface area contributed by atoms with Gasteiger partial charge in [-0.05, 0) is 25.1 Å². The van der Waals surface area contributed by atoms with Crippen LogP contribution in [0, 0.1) is 11.3 Å². The van der Waals surface area contributed by atoms with Gasteiger partial charge in [-0.25, -0.2) is 14.8 Å². The van der Waals surface area contributed by atoms with E-state index in [1.54, 1.807) is 31.2 Å². The van der Waals surface area contributed by atoms with E-state index in [2.05, 4.69) is 15.0 Å². The zero-order chi connectivity index (χ0) is 17.1. The first-order valence-electron chi connectivity index (χ1n) is 7.05. The summed E-state index contributed by atoms with van der Waals surface area (Å²) in [6, 6.07) is 8.65. The minimum Gasteiger partial charge on any atom is -0.443 e. The van der Waals surface area contributed by atoms with E-state index in [4.69, 9.17) is 20.5 Å². The molecule has 3 rings (SSSR count). The van der Waals surface area contributed by atoms with Crippen LogP contribution >= 0.6 is 0 Å². The Morgan fingerprint density at radius 2 is 2.29 bits per heavy atom. The van der Waals surface area contributed by atoms with Gasteiger partial charge >= 0.3 is 5.97 Å². The van der Waals surface area contributed by atoms with E-state index >= 15 is 0 Å². The summed E-state index contributed by atoms with van der Waals surface area (Å²) in [5.41, 5.74) is 6.87. The van der Waals surface area contributed by atoms with Crippen LogP contribution in [0.3, 0.4) is 0 Å². The number of H-pyrrole nitrogens is 1. The van der Waals surface area contributed by atoms with E-state index in [1.807, 2.05) is 6.07 Å². The lowest BCUT2D eigenvalue weighted by molar-refractivity contribution is 0.0357. The van der Waals surface area contributed by atoms with Gasteiger partial charge in [-0.1, -0.05) is 6.07 Å². The van der Waals surface area contributed by atoms with Crippen LogP contribution in [-0.2, 0) is 4.74 Å².